The van der Waals surface area contributed by atoms with Crippen LogP contribution in [-0.4, -0.2) is 32.7 Å². The van der Waals surface area contributed by atoms with Crippen LogP contribution in [-0.2, 0) is 7.05 Å². The normalized spacial score (nSPS) is 10.9. The Kier molecular flexibility index (Phi) is 5.71. The number of halogens is 2. The molecule has 1 N–H and O–H groups in total. The van der Waals surface area contributed by atoms with Crippen LogP contribution in [0.3, 0.4) is 0 Å². The predicted octanol–water partition coefficient (Wildman–Crippen LogP) is 4.33. The maximum Gasteiger partial charge on any atom is 0.264 e. The van der Waals surface area contributed by atoms with Gasteiger partial charge in [-0.2, -0.15) is 0 Å². The van der Waals surface area contributed by atoms with Gasteiger partial charge in [-0.1, -0.05) is 6.07 Å². The van der Waals surface area contributed by atoms with Crippen LogP contribution in [0.2, 0.25) is 0 Å². The molecule has 7 nitrogen and oxygen atoms in total. The molecule has 0 spiro atoms. The first-order valence-corrected chi connectivity index (χ1v) is 9.91. The average Bonchev–Trinajstić information content (AvgIpc) is 2.74. The van der Waals surface area contributed by atoms with Gasteiger partial charge in [0.15, 0.2) is 0 Å². The second-order valence-corrected chi connectivity index (χ2v) is 7.26. The molecule has 152 valence electrons. The Morgan fingerprint density at radius 2 is 1.97 bits per heavy atom. The number of ether oxygens (including phenoxy) is 1. The van der Waals surface area contributed by atoms with E-state index in [1.54, 1.807) is 31.4 Å². The number of nitrogens with zero attached hydrogens (tertiary/aromatic N) is 4. The van der Waals surface area contributed by atoms with Gasteiger partial charge in [0.1, 0.15) is 22.8 Å². The van der Waals surface area contributed by atoms with Gasteiger partial charge in [-0.25, -0.2) is 19.3 Å². The van der Waals surface area contributed by atoms with Crippen molar-refractivity contribution in [2.75, 3.05) is 18.5 Å². The second-order valence-electron chi connectivity index (χ2n) is 6.44. The number of benzene rings is 1. The summed E-state index contributed by atoms with van der Waals surface area (Å²) in [6, 6.07) is 12.7. The monoisotopic (exact) mass is 469 g/mol. The quantitative estimate of drug-likeness (QED) is 0.423. The number of hydrogen-bond acceptors (Lipinski definition) is 6. The summed E-state index contributed by atoms with van der Waals surface area (Å²) >= 11 is 3.32. The fraction of sp³-hybridized carbons (Fsp3) is 0.143. The summed E-state index contributed by atoms with van der Waals surface area (Å²) in [6.07, 6.45) is 3.11. The van der Waals surface area contributed by atoms with Crippen molar-refractivity contribution >= 4 is 32.8 Å². The number of aromatic nitrogens is 4. The molecular weight excluding hydrogens is 453 g/mol. The number of pyridine rings is 2. The smallest absolute Gasteiger partial charge is 0.264 e. The average molecular weight is 470 g/mol. The van der Waals surface area contributed by atoms with E-state index in [0.717, 1.165) is 10.9 Å². The number of rotatable bonds is 6. The van der Waals surface area contributed by atoms with Crippen LogP contribution in [0, 0.1) is 0 Å². The van der Waals surface area contributed by atoms with Gasteiger partial charge in [-0.15, -0.1) is 0 Å². The molecule has 0 saturated heterocycles. The number of nitrogens with one attached hydrogen (secondary N) is 1. The van der Waals surface area contributed by atoms with Crippen LogP contribution in [0.4, 0.5) is 10.3 Å². The van der Waals surface area contributed by atoms with Crippen molar-refractivity contribution in [2.45, 2.75) is 0 Å². The van der Waals surface area contributed by atoms with Crippen LogP contribution >= 0.6 is 15.9 Å². The molecule has 0 radical (unpaired) electrons. The lowest BCUT2D eigenvalue weighted by Crippen LogP contribution is -2.24. The van der Waals surface area contributed by atoms with Gasteiger partial charge >= 0.3 is 0 Å². The van der Waals surface area contributed by atoms with Gasteiger partial charge in [0, 0.05) is 37.4 Å². The summed E-state index contributed by atoms with van der Waals surface area (Å²) in [4.78, 5) is 25.6. The molecule has 1 aromatic carbocycles. The van der Waals surface area contributed by atoms with Crippen molar-refractivity contribution in [3.8, 4) is 22.8 Å². The molecule has 0 saturated carbocycles. The lowest BCUT2D eigenvalue weighted by atomic mass is 10.1. The summed E-state index contributed by atoms with van der Waals surface area (Å²) in [5, 5.41) is 3.65. The van der Waals surface area contributed by atoms with Crippen LogP contribution in [0.1, 0.15) is 0 Å². The maximum atomic E-state index is 12.7. The third-order valence-electron chi connectivity index (χ3n) is 4.42. The highest BCUT2D eigenvalue weighted by Gasteiger charge is 2.11. The molecule has 30 heavy (non-hydrogen) atoms. The minimum absolute atomic E-state index is 0.0920. The lowest BCUT2D eigenvalue weighted by Gasteiger charge is -2.11. The molecule has 0 amide bonds. The van der Waals surface area contributed by atoms with E-state index in [-0.39, 0.29) is 12.1 Å². The molecule has 9 heteroatoms. The lowest BCUT2D eigenvalue weighted by molar-refractivity contribution is 0.482. The van der Waals surface area contributed by atoms with Crippen molar-refractivity contribution in [3.63, 3.8) is 0 Å². The fourth-order valence-electron chi connectivity index (χ4n) is 2.94. The van der Waals surface area contributed by atoms with Gasteiger partial charge in [0.05, 0.1) is 16.8 Å². The molecule has 0 aliphatic heterocycles. The van der Waals surface area contributed by atoms with Crippen molar-refractivity contribution in [1.29, 1.82) is 0 Å². The highest BCUT2D eigenvalue weighted by atomic mass is 79.9. The van der Waals surface area contributed by atoms with E-state index in [0.29, 0.717) is 33.3 Å². The number of alkyl halides is 1. The van der Waals surface area contributed by atoms with E-state index >= 15 is 0 Å². The zero-order valence-electron chi connectivity index (χ0n) is 16.0. The molecule has 4 aromatic rings. The standard InChI is InChI=1S/C21H17BrFN5O2/c1-28-20(29)16(12-26-21(28)25-9-7-23)18-4-2-13-10-14(3-5-17(13)27-18)30-15-6-8-24-19(22)11-15/h2-6,8,10-12H,7,9H2,1H3,(H,25,26). The van der Waals surface area contributed by atoms with Crippen molar-refractivity contribution < 1.29 is 9.13 Å². The van der Waals surface area contributed by atoms with E-state index in [2.05, 4.69) is 36.2 Å². The van der Waals surface area contributed by atoms with E-state index in [1.165, 1.54) is 10.8 Å². The summed E-state index contributed by atoms with van der Waals surface area (Å²) < 4.78 is 20.3. The Morgan fingerprint density at radius 1 is 1.13 bits per heavy atom. The van der Waals surface area contributed by atoms with Crippen LogP contribution in [0.15, 0.2) is 64.3 Å². The molecule has 0 fully saturated rings. The predicted molar refractivity (Wildman–Crippen MR) is 117 cm³/mol. The molecule has 3 heterocycles. The SMILES string of the molecule is Cn1c(NCCF)ncc(-c2ccc3cc(Oc4ccnc(Br)c4)ccc3n2)c1=O. The Morgan fingerprint density at radius 3 is 2.77 bits per heavy atom. The van der Waals surface area contributed by atoms with Gasteiger partial charge < -0.3 is 10.1 Å². The Bertz CT molecular complexity index is 1280. The van der Waals surface area contributed by atoms with Crippen LogP contribution in [0.25, 0.3) is 22.2 Å². The molecule has 3 aromatic heterocycles. The van der Waals surface area contributed by atoms with Crippen LogP contribution < -0.4 is 15.6 Å². The van der Waals surface area contributed by atoms with E-state index < -0.39 is 6.67 Å². The molecular formula is C21H17BrFN5O2. The van der Waals surface area contributed by atoms with Crippen molar-refractivity contribution in [2.24, 2.45) is 7.05 Å². The zero-order chi connectivity index (χ0) is 21.1. The van der Waals surface area contributed by atoms with Gasteiger partial charge in [0.2, 0.25) is 5.95 Å². The van der Waals surface area contributed by atoms with Gasteiger partial charge in [-0.05, 0) is 46.3 Å². The first-order chi connectivity index (χ1) is 14.5. The van der Waals surface area contributed by atoms with Crippen molar-refractivity contribution in [3.05, 3.63) is 69.8 Å². The molecule has 0 aliphatic rings. The van der Waals surface area contributed by atoms with Crippen molar-refractivity contribution in [1.82, 2.24) is 19.5 Å². The van der Waals surface area contributed by atoms with E-state index in [4.69, 9.17) is 4.74 Å². The Balaban J connectivity index is 1.64. The summed E-state index contributed by atoms with van der Waals surface area (Å²) in [5.41, 5.74) is 1.34. The summed E-state index contributed by atoms with van der Waals surface area (Å²) in [5.74, 6) is 1.64. The summed E-state index contributed by atoms with van der Waals surface area (Å²) in [6.45, 7) is -0.456. The third kappa shape index (κ3) is 4.16. The summed E-state index contributed by atoms with van der Waals surface area (Å²) in [7, 11) is 1.58. The second kappa shape index (κ2) is 8.58. The first-order valence-electron chi connectivity index (χ1n) is 9.11. The molecule has 0 atom stereocenters. The largest absolute Gasteiger partial charge is 0.457 e. The topological polar surface area (TPSA) is 81.9 Å². The minimum Gasteiger partial charge on any atom is -0.457 e. The van der Waals surface area contributed by atoms with E-state index in [1.807, 2.05) is 24.3 Å². The molecule has 0 aliphatic carbocycles. The zero-order valence-corrected chi connectivity index (χ0v) is 17.6. The minimum atomic E-state index is -0.548. The Labute approximate surface area is 179 Å². The highest BCUT2D eigenvalue weighted by Crippen LogP contribution is 2.27. The van der Waals surface area contributed by atoms with E-state index in [9.17, 15) is 9.18 Å². The Hall–Kier alpha value is -3.33. The molecule has 0 bridgehead atoms. The molecule has 4 rings (SSSR count). The van der Waals surface area contributed by atoms with Crippen LogP contribution in [0.5, 0.6) is 11.5 Å². The van der Waals surface area contributed by atoms with Gasteiger partial charge in [-0.3, -0.25) is 9.36 Å². The van der Waals surface area contributed by atoms with Gasteiger partial charge in [0.25, 0.3) is 5.56 Å². The maximum absolute atomic E-state index is 12.7. The third-order valence-corrected chi connectivity index (χ3v) is 4.85. The highest BCUT2D eigenvalue weighted by molar-refractivity contribution is 9.10. The molecule has 0 unspecified atom stereocenters. The fourth-order valence-corrected chi connectivity index (χ4v) is 3.29. The number of fused-ring (bicyclic) bond motifs is 1. The number of anilines is 1. The number of hydrogen-bond donors (Lipinski definition) is 1. The first kappa shape index (κ1) is 20.0.